The Bertz CT molecular complexity index is 1330. The minimum absolute atomic E-state index is 0.0459. The molecule has 3 aromatic carbocycles. The summed E-state index contributed by atoms with van der Waals surface area (Å²) in [5.74, 6) is 0.0800. The standard InChI is InChI=1S/C21H24Cl2N2O.C8H5F3N2S/c1-24(21(26)14-16-9-10-18(22)19(23)13-16)20(15-25-11-5-6-12-25)17-7-3-2-4-8-17;9-8(10,11)7-3-6(14-13)2-1-5(7)4-12/h2-4,7-10,13,20H,5-6,11-12,14-15H2,1H3;1-3H,13H2. The third-order valence-corrected chi connectivity index (χ3v) is 7.83. The van der Waals surface area contributed by atoms with Gasteiger partial charge in [0.1, 0.15) is 0 Å². The van der Waals surface area contributed by atoms with Crippen LogP contribution in [-0.4, -0.2) is 42.4 Å². The van der Waals surface area contributed by atoms with Gasteiger partial charge in [-0.25, -0.2) is 0 Å². The zero-order valence-electron chi connectivity index (χ0n) is 21.8. The molecule has 212 valence electrons. The van der Waals surface area contributed by atoms with Crippen molar-refractivity contribution in [3.63, 3.8) is 0 Å². The highest BCUT2D eigenvalue weighted by atomic mass is 35.5. The summed E-state index contributed by atoms with van der Waals surface area (Å²) < 4.78 is 37.1. The van der Waals surface area contributed by atoms with Crippen LogP contribution in [0.2, 0.25) is 10.0 Å². The molecule has 0 saturated carbocycles. The van der Waals surface area contributed by atoms with E-state index in [0.29, 0.717) is 28.4 Å². The van der Waals surface area contributed by atoms with E-state index in [4.69, 9.17) is 33.6 Å². The van der Waals surface area contributed by atoms with E-state index in [2.05, 4.69) is 17.0 Å². The van der Waals surface area contributed by atoms with Crippen molar-refractivity contribution in [2.24, 2.45) is 5.14 Å². The van der Waals surface area contributed by atoms with Crippen molar-refractivity contribution < 1.29 is 18.0 Å². The molecule has 0 radical (unpaired) electrons. The lowest BCUT2D eigenvalue weighted by Crippen LogP contribution is -2.39. The van der Waals surface area contributed by atoms with Gasteiger partial charge in [-0.1, -0.05) is 59.6 Å². The van der Waals surface area contributed by atoms with Crippen LogP contribution in [0, 0.1) is 11.3 Å². The number of nitrogens with zero attached hydrogens (tertiary/aromatic N) is 3. The summed E-state index contributed by atoms with van der Waals surface area (Å²) in [7, 11) is 1.90. The second-order valence-corrected chi connectivity index (χ2v) is 10.8. The van der Waals surface area contributed by atoms with Gasteiger partial charge in [-0.15, -0.1) is 0 Å². The van der Waals surface area contributed by atoms with E-state index in [1.807, 2.05) is 36.2 Å². The number of carbonyl (C=O) groups excluding carboxylic acids is 1. The molecule has 1 aliphatic heterocycles. The zero-order valence-corrected chi connectivity index (χ0v) is 24.1. The number of benzene rings is 3. The van der Waals surface area contributed by atoms with Crippen LogP contribution in [0.25, 0.3) is 0 Å². The van der Waals surface area contributed by atoms with Crippen molar-refractivity contribution in [1.29, 1.82) is 5.26 Å². The molecule has 0 aliphatic carbocycles. The molecule has 0 aromatic heterocycles. The summed E-state index contributed by atoms with van der Waals surface area (Å²) in [5.41, 5.74) is 0.708. The third kappa shape index (κ3) is 8.88. The van der Waals surface area contributed by atoms with Crippen LogP contribution in [0.1, 0.15) is 41.1 Å². The van der Waals surface area contributed by atoms with Gasteiger partial charge in [0.2, 0.25) is 5.91 Å². The van der Waals surface area contributed by atoms with Crippen molar-refractivity contribution >= 4 is 41.1 Å². The predicted molar refractivity (Wildman–Crippen MR) is 154 cm³/mol. The average molecular weight is 610 g/mol. The fourth-order valence-electron chi connectivity index (χ4n) is 4.39. The molecule has 1 aliphatic rings. The molecular formula is C29H29Cl2F3N4OS. The highest BCUT2D eigenvalue weighted by Gasteiger charge is 2.33. The van der Waals surface area contributed by atoms with Gasteiger partial charge < -0.3 is 9.80 Å². The first kappa shape index (κ1) is 31.8. The number of carbonyl (C=O) groups is 1. The maximum atomic E-state index is 12.9. The van der Waals surface area contributed by atoms with Gasteiger partial charge in [-0.05, 0) is 79.3 Å². The van der Waals surface area contributed by atoms with Crippen LogP contribution in [0.15, 0.2) is 71.6 Å². The average Bonchev–Trinajstić information content (AvgIpc) is 3.46. The van der Waals surface area contributed by atoms with Gasteiger partial charge in [0.25, 0.3) is 0 Å². The number of likely N-dealkylation sites (tertiary alicyclic amines) is 1. The third-order valence-electron chi connectivity index (χ3n) is 6.57. The molecule has 0 bridgehead atoms. The Hall–Kier alpha value is -2.74. The lowest BCUT2D eigenvalue weighted by Gasteiger charge is -2.32. The Morgan fingerprint density at radius 3 is 2.33 bits per heavy atom. The van der Waals surface area contributed by atoms with Crippen LogP contribution >= 0.6 is 35.1 Å². The van der Waals surface area contributed by atoms with Crippen LogP contribution in [0.5, 0.6) is 0 Å². The number of nitrogens with two attached hydrogens (primary N) is 1. The molecule has 40 heavy (non-hydrogen) atoms. The molecule has 3 aromatic rings. The molecule has 1 fully saturated rings. The number of nitriles is 1. The Labute approximate surface area is 246 Å². The maximum absolute atomic E-state index is 12.9. The molecule has 1 saturated heterocycles. The van der Waals surface area contributed by atoms with E-state index in [-0.39, 0.29) is 16.8 Å². The molecule has 11 heteroatoms. The van der Waals surface area contributed by atoms with Crippen LogP contribution in [-0.2, 0) is 17.4 Å². The van der Waals surface area contributed by atoms with Crippen molar-refractivity contribution in [1.82, 2.24) is 9.80 Å². The minimum atomic E-state index is -4.52. The number of likely N-dealkylation sites (N-methyl/N-ethyl adjacent to an activating group) is 1. The molecule has 5 nitrogen and oxygen atoms in total. The normalized spacial score (nSPS) is 14.2. The van der Waals surface area contributed by atoms with E-state index in [1.54, 1.807) is 12.1 Å². The van der Waals surface area contributed by atoms with E-state index < -0.39 is 17.3 Å². The summed E-state index contributed by atoms with van der Waals surface area (Å²) in [6, 6.07) is 20.5. The Morgan fingerprint density at radius 2 is 1.75 bits per heavy atom. The second-order valence-electron chi connectivity index (χ2n) is 9.30. The van der Waals surface area contributed by atoms with Gasteiger partial charge in [-0.2, -0.15) is 18.4 Å². The summed E-state index contributed by atoms with van der Waals surface area (Å²) in [5, 5.41) is 14.6. The number of hydrogen-bond acceptors (Lipinski definition) is 5. The molecule has 4 rings (SSSR count). The highest BCUT2D eigenvalue weighted by Crippen LogP contribution is 2.33. The van der Waals surface area contributed by atoms with Crippen molar-refractivity contribution in [3.8, 4) is 6.07 Å². The first-order valence-electron chi connectivity index (χ1n) is 12.5. The number of hydrogen-bond donors (Lipinski definition) is 1. The molecule has 1 heterocycles. The van der Waals surface area contributed by atoms with E-state index in [0.717, 1.165) is 37.3 Å². The Kier molecular flexibility index (Phi) is 11.7. The topological polar surface area (TPSA) is 73.4 Å². The van der Waals surface area contributed by atoms with E-state index in [1.165, 1.54) is 30.5 Å². The highest BCUT2D eigenvalue weighted by molar-refractivity contribution is 7.97. The first-order chi connectivity index (χ1) is 19.0. The number of amides is 1. The quantitative estimate of drug-likeness (QED) is 0.283. The smallest absolute Gasteiger partial charge is 0.337 e. The van der Waals surface area contributed by atoms with Gasteiger partial charge >= 0.3 is 6.18 Å². The van der Waals surface area contributed by atoms with Crippen molar-refractivity contribution in [2.75, 3.05) is 26.7 Å². The van der Waals surface area contributed by atoms with E-state index >= 15 is 0 Å². The zero-order chi connectivity index (χ0) is 29.3. The van der Waals surface area contributed by atoms with Gasteiger partial charge in [0.15, 0.2) is 0 Å². The van der Waals surface area contributed by atoms with Gasteiger partial charge in [0, 0.05) is 18.5 Å². The largest absolute Gasteiger partial charge is 0.417 e. The number of halogens is 5. The lowest BCUT2D eigenvalue weighted by atomic mass is 10.0. The van der Waals surface area contributed by atoms with Crippen LogP contribution < -0.4 is 5.14 Å². The van der Waals surface area contributed by atoms with Crippen molar-refractivity contribution in [3.05, 3.63) is 99.0 Å². The molecule has 1 unspecified atom stereocenters. The Morgan fingerprint density at radius 1 is 1.07 bits per heavy atom. The molecule has 2 N–H and O–H groups in total. The lowest BCUT2D eigenvalue weighted by molar-refractivity contribution is -0.138. The maximum Gasteiger partial charge on any atom is 0.417 e. The number of rotatable bonds is 7. The Balaban J connectivity index is 0.000000267. The van der Waals surface area contributed by atoms with Gasteiger partial charge in [0.05, 0.1) is 39.7 Å². The first-order valence-corrected chi connectivity index (χ1v) is 14.1. The number of alkyl halides is 3. The fraction of sp³-hybridized carbons (Fsp3) is 0.310. The van der Waals surface area contributed by atoms with Crippen molar-refractivity contribution in [2.45, 2.75) is 36.4 Å². The summed E-state index contributed by atoms with van der Waals surface area (Å²) in [6.45, 7) is 3.09. The molecular weight excluding hydrogens is 580 g/mol. The summed E-state index contributed by atoms with van der Waals surface area (Å²) in [6.07, 6.45) is -1.72. The predicted octanol–water partition coefficient (Wildman–Crippen LogP) is 7.37. The summed E-state index contributed by atoms with van der Waals surface area (Å²) >= 11 is 12.8. The molecule has 1 atom stereocenters. The van der Waals surface area contributed by atoms with Crippen LogP contribution in [0.3, 0.4) is 0 Å². The summed E-state index contributed by atoms with van der Waals surface area (Å²) in [4.78, 5) is 17.5. The monoisotopic (exact) mass is 608 g/mol. The van der Waals surface area contributed by atoms with E-state index in [9.17, 15) is 18.0 Å². The SMILES string of the molecule is CN(C(=O)Cc1ccc(Cl)c(Cl)c1)C(CN1CCCC1)c1ccccc1.N#Cc1ccc(SN)cc1C(F)(F)F. The second kappa shape index (κ2) is 14.8. The fourth-order valence-corrected chi connectivity index (χ4v) is 5.04. The van der Waals surface area contributed by atoms with Gasteiger partial charge in [-0.3, -0.25) is 9.93 Å². The molecule has 0 spiro atoms. The minimum Gasteiger partial charge on any atom is -0.337 e. The molecule has 1 amide bonds. The van der Waals surface area contributed by atoms with Crippen LogP contribution in [0.4, 0.5) is 13.2 Å².